The van der Waals surface area contributed by atoms with Gasteiger partial charge in [0.05, 0.1) is 24.7 Å². The summed E-state index contributed by atoms with van der Waals surface area (Å²) in [5.41, 5.74) is 0.124. The molecular formula is C20H27NO4. The first-order valence-corrected chi connectivity index (χ1v) is 8.65. The molecule has 1 aromatic carbocycles. The zero-order valence-electron chi connectivity index (χ0n) is 15.4. The fourth-order valence-corrected chi connectivity index (χ4v) is 2.94. The van der Waals surface area contributed by atoms with Crippen molar-refractivity contribution in [1.82, 2.24) is 4.90 Å². The number of hydrogen-bond acceptors (Lipinski definition) is 4. The molecular weight excluding hydrogens is 318 g/mol. The van der Waals surface area contributed by atoms with Gasteiger partial charge in [-0.25, -0.2) is 9.69 Å². The molecule has 1 aliphatic rings. The van der Waals surface area contributed by atoms with Crippen LogP contribution in [0.3, 0.4) is 0 Å². The van der Waals surface area contributed by atoms with Gasteiger partial charge in [-0.1, -0.05) is 56.3 Å². The predicted molar refractivity (Wildman–Crippen MR) is 95.8 cm³/mol. The van der Waals surface area contributed by atoms with Gasteiger partial charge >= 0.3 is 6.09 Å². The molecule has 5 nitrogen and oxygen atoms in total. The standard InChI is InChI=1S/C20H27NO4/c1-5-11-20(4,14-24-12-16-9-7-6-8-10-16)18(22)21-17(15(2)3)13-25-19(21)23/h5-11,15,17H,12-14H2,1-4H3/b11-5+/t17-,20-/m1/s1. The quantitative estimate of drug-likeness (QED) is 0.706. The lowest BCUT2D eigenvalue weighted by molar-refractivity contribution is -0.140. The molecule has 0 aliphatic carbocycles. The molecule has 1 aliphatic heterocycles. The lowest BCUT2D eigenvalue weighted by atomic mass is 9.88. The molecule has 0 bridgehead atoms. The maximum absolute atomic E-state index is 13.1. The van der Waals surface area contributed by atoms with Gasteiger partial charge in [0.15, 0.2) is 0 Å². The summed E-state index contributed by atoms with van der Waals surface area (Å²) in [6.07, 6.45) is 3.04. The van der Waals surface area contributed by atoms with E-state index in [4.69, 9.17) is 9.47 Å². The molecule has 2 rings (SSSR count). The first-order chi connectivity index (χ1) is 11.9. The Kier molecular flexibility index (Phi) is 6.37. The molecule has 0 aromatic heterocycles. The fourth-order valence-electron chi connectivity index (χ4n) is 2.94. The van der Waals surface area contributed by atoms with Gasteiger partial charge in [-0.2, -0.15) is 0 Å². The number of amides is 2. The van der Waals surface area contributed by atoms with Crippen LogP contribution in [0, 0.1) is 11.3 Å². The molecule has 0 N–H and O–H groups in total. The van der Waals surface area contributed by atoms with Crippen LogP contribution in [0.4, 0.5) is 4.79 Å². The number of benzene rings is 1. The van der Waals surface area contributed by atoms with E-state index in [0.717, 1.165) is 5.56 Å². The van der Waals surface area contributed by atoms with Gasteiger partial charge in [0, 0.05) is 0 Å². The second kappa shape index (κ2) is 8.30. The van der Waals surface area contributed by atoms with E-state index >= 15 is 0 Å². The van der Waals surface area contributed by atoms with Gasteiger partial charge in [0.25, 0.3) is 0 Å². The molecule has 1 fully saturated rings. The van der Waals surface area contributed by atoms with Gasteiger partial charge in [-0.05, 0) is 25.3 Å². The SMILES string of the molecule is C/C=C/[C@](C)(COCc1ccccc1)C(=O)N1C(=O)OC[C@@H]1C(C)C. The zero-order chi connectivity index (χ0) is 18.4. The average molecular weight is 345 g/mol. The molecule has 1 saturated heterocycles. The van der Waals surface area contributed by atoms with Crippen molar-refractivity contribution in [1.29, 1.82) is 0 Å². The number of allylic oxidation sites excluding steroid dienone is 1. The summed E-state index contributed by atoms with van der Waals surface area (Å²) in [5.74, 6) is -0.143. The van der Waals surface area contributed by atoms with Gasteiger partial charge < -0.3 is 9.47 Å². The Hall–Kier alpha value is -2.14. The van der Waals surface area contributed by atoms with Crippen molar-refractivity contribution in [3.63, 3.8) is 0 Å². The Morgan fingerprint density at radius 1 is 1.40 bits per heavy atom. The van der Waals surface area contributed by atoms with Crippen LogP contribution in [0.1, 0.15) is 33.3 Å². The molecule has 136 valence electrons. The minimum Gasteiger partial charge on any atom is -0.447 e. The molecule has 2 atom stereocenters. The van der Waals surface area contributed by atoms with Gasteiger partial charge in [-0.15, -0.1) is 0 Å². The third-order valence-corrected chi connectivity index (χ3v) is 4.43. The molecule has 0 spiro atoms. The van der Waals surface area contributed by atoms with E-state index in [-0.39, 0.29) is 31.1 Å². The highest BCUT2D eigenvalue weighted by Gasteiger charge is 2.46. The lowest BCUT2D eigenvalue weighted by Crippen LogP contribution is -2.49. The summed E-state index contributed by atoms with van der Waals surface area (Å²) in [4.78, 5) is 26.5. The molecule has 0 unspecified atom stereocenters. The normalized spacial score (nSPS) is 20.1. The minimum atomic E-state index is -0.917. The molecule has 25 heavy (non-hydrogen) atoms. The number of hydrogen-bond donors (Lipinski definition) is 0. The van der Waals surface area contributed by atoms with E-state index in [9.17, 15) is 9.59 Å². The largest absolute Gasteiger partial charge is 0.447 e. The number of imide groups is 1. The first-order valence-electron chi connectivity index (χ1n) is 8.65. The van der Waals surface area contributed by atoms with Gasteiger partial charge in [0.2, 0.25) is 5.91 Å². The van der Waals surface area contributed by atoms with Crippen molar-refractivity contribution in [2.75, 3.05) is 13.2 Å². The van der Waals surface area contributed by atoms with Crippen LogP contribution in [0.5, 0.6) is 0 Å². The molecule has 0 saturated carbocycles. The third kappa shape index (κ3) is 4.48. The van der Waals surface area contributed by atoms with Crippen molar-refractivity contribution in [2.45, 2.75) is 40.3 Å². The van der Waals surface area contributed by atoms with Crippen LogP contribution in [-0.2, 0) is 20.9 Å². The Bertz CT molecular complexity index is 626. The summed E-state index contributed by atoms with van der Waals surface area (Å²) >= 11 is 0. The maximum Gasteiger partial charge on any atom is 0.417 e. The molecule has 0 radical (unpaired) electrons. The number of cyclic esters (lactones) is 1. The summed E-state index contributed by atoms with van der Waals surface area (Å²) < 4.78 is 10.9. The second-order valence-electron chi connectivity index (χ2n) is 6.96. The van der Waals surface area contributed by atoms with E-state index < -0.39 is 11.5 Å². The van der Waals surface area contributed by atoms with Crippen LogP contribution >= 0.6 is 0 Å². The lowest BCUT2D eigenvalue weighted by Gasteiger charge is -2.31. The zero-order valence-corrected chi connectivity index (χ0v) is 15.4. The minimum absolute atomic E-state index is 0.135. The summed E-state index contributed by atoms with van der Waals surface area (Å²) in [6.45, 7) is 8.46. The Morgan fingerprint density at radius 2 is 2.08 bits per heavy atom. The van der Waals surface area contributed by atoms with Crippen molar-refractivity contribution in [3.8, 4) is 0 Å². The van der Waals surface area contributed by atoms with Crippen LogP contribution in [0.2, 0.25) is 0 Å². The van der Waals surface area contributed by atoms with Crippen molar-refractivity contribution < 1.29 is 19.1 Å². The molecule has 1 heterocycles. The molecule has 2 amide bonds. The highest BCUT2D eigenvalue weighted by Crippen LogP contribution is 2.29. The molecule has 1 aromatic rings. The first kappa shape index (κ1) is 19.2. The molecule has 5 heteroatoms. The van der Waals surface area contributed by atoms with Crippen LogP contribution in [-0.4, -0.2) is 36.2 Å². The topological polar surface area (TPSA) is 55.8 Å². The van der Waals surface area contributed by atoms with Crippen LogP contribution in [0.25, 0.3) is 0 Å². The maximum atomic E-state index is 13.1. The number of carbonyl (C=O) groups excluding carboxylic acids is 2. The van der Waals surface area contributed by atoms with E-state index in [1.807, 2.05) is 57.2 Å². The summed E-state index contributed by atoms with van der Waals surface area (Å²) in [7, 11) is 0. The van der Waals surface area contributed by atoms with Gasteiger partial charge in [0.1, 0.15) is 6.61 Å². The monoisotopic (exact) mass is 345 g/mol. The highest BCUT2D eigenvalue weighted by molar-refractivity contribution is 5.97. The Balaban J connectivity index is 2.11. The number of nitrogens with zero attached hydrogens (tertiary/aromatic N) is 1. The van der Waals surface area contributed by atoms with Crippen molar-refractivity contribution in [3.05, 3.63) is 48.0 Å². The summed E-state index contributed by atoms with van der Waals surface area (Å²) in [6, 6.07) is 9.55. The fraction of sp³-hybridized carbons (Fsp3) is 0.500. The number of carbonyl (C=O) groups is 2. The van der Waals surface area contributed by atoms with E-state index in [1.54, 1.807) is 13.0 Å². The van der Waals surface area contributed by atoms with Crippen LogP contribution < -0.4 is 0 Å². The van der Waals surface area contributed by atoms with E-state index in [2.05, 4.69) is 0 Å². The number of rotatable bonds is 7. The number of ether oxygens (including phenoxy) is 2. The predicted octanol–water partition coefficient (Wildman–Crippen LogP) is 3.79. The van der Waals surface area contributed by atoms with E-state index in [0.29, 0.717) is 6.61 Å². The van der Waals surface area contributed by atoms with E-state index in [1.165, 1.54) is 4.90 Å². The average Bonchev–Trinajstić information content (AvgIpc) is 2.97. The summed E-state index contributed by atoms with van der Waals surface area (Å²) in [5, 5.41) is 0. The van der Waals surface area contributed by atoms with Crippen molar-refractivity contribution in [2.24, 2.45) is 11.3 Å². The third-order valence-electron chi connectivity index (χ3n) is 4.43. The second-order valence-corrected chi connectivity index (χ2v) is 6.96. The Morgan fingerprint density at radius 3 is 2.68 bits per heavy atom. The van der Waals surface area contributed by atoms with Crippen LogP contribution in [0.15, 0.2) is 42.5 Å². The Labute approximate surface area is 149 Å². The van der Waals surface area contributed by atoms with Gasteiger partial charge in [-0.3, -0.25) is 4.79 Å². The highest BCUT2D eigenvalue weighted by atomic mass is 16.6. The van der Waals surface area contributed by atoms with Crippen molar-refractivity contribution >= 4 is 12.0 Å². The smallest absolute Gasteiger partial charge is 0.417 e.